The molecule has 4 nitrogen and oxygen atoms in total. The molecular formula is C23H22FNO3. The maximum absolute atomic E-state index is 14.0. The predicted molar refractivity (Wildman–Crippen MR) is 105 cm³/mol. The Morgan fingerprint density at radius 1 is 1.07 bits per heavy atom. The monoisotopic (exact) mass is 379 g/mol. The van der Waals surface area contributed by atoms with Crippen molar-refractivity contribution in [2.45, 2.75) is 38.0 Å². The Hall–Kier alpha value is -2.92. The zero-order valence-electron chi connectivity index (χ0n) is 15.8. The van der Waals surface area contributed by atoms with E-state index in [0.717, 1.165) is 5.56 Å². The molecule has 1 N–H and O–H groups in total. The first-order chi connectivity index (χ1) is 13.4. The fourth-order valence-electron chi connectivity index (χ4n) is 3.80. The molecule has 0 fully saturated rings. The summed E-state index contributed by atoms with van der Waals surface area (Å²) >= 11 is 0. The topological polar surface area (TPSA) is 51.5 Å². The van der Waals surface area contributed by atoms with Gasteiger partial charge in [-0.1, -0.05) is 36.4 Å². The number of ether oxygens (including phenoxy) is 1. The van der Waals surface area contributed by atoms with E-state index >= 15 is 0 Å². The van der Waals surface area contributed by atoms with Gasteiger partial charge in [0.1, 0.15) is 23.3 Å². The lowest BCUT2D eigenvalue weighted by Crippen LogP contribution is -2.50. The Kier molecular flexibility index (Phi) is 4.55. The molecule has 0 aliphatic carbocycles. The molecule has 0 amide bonds. The second-order valence-corrected chi connectivity index (χ2v) is 7.69. The van der Waals surface area contributed by atoms with Gasteiger partial charge in [0.05, 0.1) is 6.54 Å². The van der Waals surface area contributed by atoms with E-state index in [0.29, 0.717) is 23.4 Å². The van der Waals surface area contributed by atoms with Gasteiger partial charge in [-0.25, -0.2) is 4.39 Å². The van der Waals surface area contributed by atoms with Gasteiger partial charge in [0, 0.05) is 23.2 Å². The van der Waals surface area contributed by atoms with Gasteiger partial charge in [-0.15, -0.1) is 0 Å². The third-order valence-electron chi connectivity index (χ3n) is 5.29. The fraction of sp³-hybridized carbons (Fsp3) is 0.261. The lowest BCUT2D eigenvalue weighted by Gasteiger charge is -2.42. The number of halogens is 1. The summed E-state index contributed by atoms with van der Waals surface area (Å²) in [5, 5.41) is 11.0. The molecular weight excluding hydrogens is 357 g/mol. The van der Waals surface area contributed by atoms with E-state index in [2.05, 4.69) is 0 Å². The van der Waals surface area contributed by atoms with Gasteiger partial charge in [0.25, 0.3) is 5.56 Å². The summed E-state index contributed by atoms with van der Waals surface area (Å²) in [4.78, 5) is 13.2. The van der Waals surface area contributed by atoms with Gasteiger partial charge >= 0.3 is 0 Å². The van der Waals surface area contributed by atoms with Crippen LogP contribution in [0.25, 0.3) is 0 Å². The van der Waals surface area contributed by atoms with E-state index in [1.807, 2.05) is 30.3 Å². The van der Waals surface area contributed by atoms with Crippen molar-refractivity contribution >= 4 is 0 Å². The summed E-state index contributed by atoms with van der Waals surface area (Å²) in [6.07, 6.45) is 0.726. The van der Waals surface area contributed by atoms with Crippen molar-refractivity contribution < 1.29 is 14.2 Å². The van der Waals surface area contributed by atoms with Crippen LogP contribution in [-0.2, 0) is 6.54 Å². The number of aliphatic hydroxyl groups excluding tert-OH is 1. The van der Waals surface area contributed by atoms with Crippen molar-refractivity contribution in [3.05, 3.63) is 99.7 Å². The molecule has 2 atom stereocenters. The molecule has 144 valence electrons. The number of pyridine rings is 1. The van der Waals surface area contributed by atoms with Crippen LogP contribution in [0.1, 0.15) is 36.5 Å². The zero-order chi connectivity index (χ0) is 19.9. The number of benzene rings is 2. The van der Waals surface area contributed by atoms with Crippen molar-refractivity contribution in [1.82, 2.24) is 4.57 Å². The van der Waals surface area contributed by atoms with Gasteiger partial charge in [-0.3, -0.25) is 4.79 Å². The van der Waals surface area contributed by atoms with Crippen molar-refractivity contribution in [2.24, 2.45) is 0 Å². The molecule has 0 saturated carbocycles. The third kappa shape index (κ3) is 3.22. The van der Waals surface area contributed by atoms with Crippen molar-refractivity contribution in [1.29, 1.82) is 0 Å². The highest BCUT2D eigenvalue weighted by molar-refractivity contribution is 5.46. The molecule has 0 bridgehead atoms. The zero-order valence-corrected chi connectivity index (χ0v) is 15.8. The van der Waals surface area contributed by atoms with Crippen LogP contribution >= 0.6 is 0 Å². The van der Waals surface area contributed by atoms with E-state index in [1.165, 1.54) is 12.1 Å². The molecule has 1 aliphatic rings. The van der Waals surface area contributed by atoms with Crippen LogP contribution in [0.2, 0.25) is 0 Å². The molecule has 28 heavy (non-hydrogen) atoms. The van der Waals surface area contributed by atoms with Crippen LogP contribution < -0.4 is 10.3 Å². The third-order valence-corrected chi connectivity index (χ3v) is 5.29. The van der Waals surface area contributed by atoms with Crippen LogP contribution in [0.4, 0.5) is 4.39 Å². The quantitative estimate of drug-likeness (QED) is 0.755. The number of aromatic nitrogens is 1. The molecule has 0 spiro atoms. The highest BCUT2D eigenvalue weighted by Crippen LogP contribution is 2.43. The van der Waals surface area contributed by atoms with Crippen molar-refractivity contribution in [3.63, 3.8) is 0 Å². The smallest absolute Gasteiger partial charge is 0.254 e. The Morgan fingerprint density at radius 2 is 1.82 bits per heavy atom. The maximum Gasteiger partial charge on any atom is 0.254 e. The molecule has 3 aromatic rings. The maximum atomic E-state index is 14.0. The number of fused-ring (bicyclic) bond motifs is 1. The lowest BCUT2D eigenvalue weighted by molar-refractivity contribution is -0.0515. The van der Waals surface area contributed by atoms with E-state index in [9.17, 15) is 14.3 Å². The first kappa shape index (κ1) is 18.4. The molecule has 1 aliphatic heterocycles. The summed E-state index contributed by atoms with van der Waals surface area (Å²) < 4.78 is 21.4. The average Bonchev–Trinajstić information content (AvgIpc) is 2.66. The van der Waals surface area contributed by atoms with Crippen molar-refractivity contribution in [3.8, 4) is 5.75 Å². The number of nitrogens with zero attached hydrogens (tertiary/aromatic N) is 1. The Balaban J connectivity index is 1.83. The van der Waals surface area contributed by atoms with Gasteiger partial charge < -0.3 is 14.4 Å². The SMILES string of the molecule is CC1(C)Oc2ccc(F)cc2C(c2cccn(Cc3ccccc3)c2=O)C1O. The normalized spacial score (nSPS) is 20.3. The molecule has 2 unspecified atom stereocenters. The summed E-state index contributed by atoms with van der Waals surface area (Å²) in [6.45, 7) is 3.96. The second kappa shape index (κ2) is 6.91. The highest BCUT2D eigenvalue weighted by atomic mass is 19.1. The first-order valence-electron chi connectivity index (χ1n) is 9.26. The Labute approximate surface area is 162 Å². The molecule has 1 aromatic heterocycles. The van der Waals surface area contributed by atoms with E-state index < -0.39 is 23.4 Å². The van der Waals surface area contributed by atoms with Crippen LogP contribution in [0.15, 0.2) is 71.7 Å². The van der Waals surface area contributed by atoms with E-state index in [1.54, 1.807) is 42.8 Å². The van der Waals surface area contributed by atoms with Crippen LogP contribution in [0.3, 0.4) is 0 Å². The number of hydrogen-bond donors (Lipinski definition) is 1. The standard InChI is InChI=1S/C23H22FNO3/c1-23(2)21(26)20(18-13-16(24)10-11-19(18)28-23)17-9-6-12-25(22(17)27)14-15-7-4-3-5-8-15/h3-13,20-21,26H,14H2,1-2H3. The Bertz CT molecular complexity index is 1060. The summed E-state index contributed by atoms with van der Waals surface area (Å²) in [7, 11) is 0. The Morgan fingerprint density at radius 3 is 2.57 bits per heavy atom. The predicted octanol–water partition coefficient (Wildman–Crippen LogP) is 3.70. The summed E-state index contributed by atoms with van der Waals surface area (Å²) in [5.41, 5.74) is 0.794. The molecule has 0 saturated heterocycles. The summed E-state index contributed by atoms with van der Waals surface area (Å²) in [5.74, 6) is -0.621. The lowest BCUT2D eigenvalue weighted by atomic mass is 9.78. The molecule has 2 aromatic carbocycles. The van der Waals surface area contributed by atoms with Gasteiger partial charge in [-0.05, 0) is 43.7 Å². The average molecular weight is 379 g/mol. The molecule has 0 radical (unpaired) electrons. The molecule has 4 rings (SSSR count). The van der Waals surface area contributed by atoms with Crippen LogP contribution in [0.5, 0.6) is 5.75 Å². The number of hydrogen-bond acceptors (Lipinski definition) is 3. The van der Waals surface area contributed by atoms with Crippen LogP contribution in [-0.4, -0.2) is 21.4 Å². The van der Waals surface area contributed by atoms with E-state index in [-0.39, 0.29) is 5.56 Å². The summed E-state index contributed by atoms with van der Waals surface area (Å²) in [6, 6.07) is 17.4. The van der Waals surface area contributed by atoms with Gasteiger partial charge in [0.15, 0.2) is 0 Å². The first-order valence-corrected chi connectivity index (χ1v) is 9.26. The number of aliphatic hydroxyl groups is 1. The number of rotatable bonds is 3. The minimum Gasteiger partial charge on any atom is -0.485 e. The van der Waals surface area contributed by atoms with Gasteiger partial charge in [0.2, 0.25) is 0 Å². The van der Waals surface area contributed by atoms with E-state index in [4.69, 9.17) is 4.74 Å². The molecule has 5 heteroatoms. The van der Waals surface area contributed by atoms with Crippen LogP contribution in [0, 0.1) is 5.82 Å². The second-order valence-electron chi connectivity index (χ2n) is 7.69. The van der Waals surface area contributed by atoms with Gasteiger partial charge in [-0.2, -0.15) is 0 Å². The molecule has 2 heterocycles. The largest absolute Gasteiger partial charge is 0.485 e. The minimum atomic E-state index is -0.998. The fourth-order valence-corrected chi connectivity index (χ4v) is 3.80. The van der Waals surface area contributed by atoms with Crippen molar-refractivity contribution in [2.75, 3.05) is 0 Å². The minimum absolute atomic E-state index is 0.205. The highest BCUT2D eigenvalue weighted by Gasteiger charge is 2.44.